The van der Waals surface area contributed by atoms with E-state index in [2.05, 4.69) is 4.98 Å². The Hall–Kier alpha value is -1.85. The molecule has 0 unspecified atom stereocenters. The van der Waals surface area contributed by atoms with E-state index < -0.39 is 11.2 Å². The number of rotatable bonds is 4. The summed E-state index contributed by atoms with van der Waals surface area (Å²) in [7, 11) is 0.368. The van der Waals surface area contributed by atoms with Crippen LogP contribution in [0.1, 0.15) is 33.4 Å². The van der Waals surface area contributed by atoms with Crippen LogP contribution in [0, 0.1) is 6.92 Å². The first kappa shape index (κ1) is 16.0. The van der Waals surface area contributed by atoms with Gasteiger partial charge in [0, 0.05) is 16.5 Å². The quantitative estimate of drug-likeness (QED) is 0.753. The van der Waals surface area contributed by atoms with Gasteiger partial charge in [0.25, 0.3) is 0 Å². The summed E-state index contributed by atoms with van der Waals surface area (Å²) in [5.41, 5.74) is 1.72. The molecule has 2 aromatic heterocycles. The molecule has 3 aromatic rings. The van der Waals surface area contributed by atoms with E-state index in [0.29, 0.717) is 13.2 Å². The van der Waals surface area contributed by atoms with E-state index in [9.17, 15) is 5.11 Å². The van der Waals surface area contributed by atoms with Crippen LogP contribution in [0.15, 0.2) is 34.7 Å². The zero-order valence-corrected chi connectivity index (χ0v) is 14.3. The largest absolute Gasteiger partial charge is 0.438 e. The van der Waals surface area contributed by atoms with Crippen LogP contribution in [-0.4, -0.2) is 28.8 Å². The molecule has 0 radical (unpaired) electrons. The lowest BCUT2D eigenvalue weighted by atomic mass is 9.82. The van der Waals surface area contributed by atoms with Crippen molar-refractivity contribution in [3.63, 3.8) is 0 Å². The van der Waals surface area contributed by atoms with Crippen LogP contribution in [0.4, 0.5) is 0 Å². The Morgan fingerprint density at radius 3 is 2.52 bits per heavy atom. The maximum atomic E-state index is 10.2. The van der Waals surface area contributed by atoms with E-state index >= 15 is 0 Å². The first-order chi connectivity index (χ1) is 10.7. The number of hydrogen-bond donors (Lipinski definition) is 1. The van der Waals surface area contributed by atoms with Crippen molar-refractivity contribution in [2.45, 2.75) is 45.8 Å². The molecular formula is C18H22BNO3. The van der Waals surface area contributed by atoms with E-state index in [0.717, 1.165) is 27.5 Å². The highest BCUT2D eigenvalue weighted by molar-refractivity contribution is 6.51. The van der Waals surface area contributed by atoms with Gasteiger partial charge >= 0.3 is 7.48 Å². The lowest BCUT2D eigenvalue weighted by Gasteiger charge is -2.37. The first-order valence-corrected chi connectivity index (χ1v) is 7.83. The summed E-state index contributed by atoms with van der Waals surface area (Å²) in [6.45, 7) is 9.22. The molecule has 1 aromatic carbocycles. The fourth-order valence-corrected chi connectivity index (χ4v) is 2.38. The van der Waals surface area contributed by atoms with Crippen LogP contribution in [0.2, 0.25) is 0 Å². The number of nitrogens with zero attached hydrogens (tertiary/aromatic N) is 1. The van der Waals surface area contributed by atoms with Crippen molar-refractivity contribution >= 4 is 35.0 Å². The van der Waals surface area contributed by atoms with Crippen molar-refractivity contribution in [2.75, 3.05) is 0 Å². The third-order valence-corrected chi connectivity index (χ3v) is 4.65. The standard InChI is InChI=1S/C18H22BNO3/c1-11-9-10-13-12-7-6-8-14(15(12)22-16(13)20-11)19-23-18(4,5)17(2,3)21/h6-10,19,21H,1-5H3. The van der Waals surface area contributed by atoms with E-state index in [1.54, 1.807) is 13.8 Å². The number of aromatic nitrogens is 1. The highest BCUT2D eigenvalue weighted by Crippen LogP contribution is 2.27. The lowest BCUT2D eigenvalue weighted by molar-refractivity contribution is -0.0893. The number of benzene rings is 1. The Balaban J connectivity index is 2.00. The molecule has 0 aliphatic carbocycles. The van der Waals surface area contributed by atoms with Gasteiger partial charge in [0.1, 0.15) is 5.58 Å². The number of furan rings is 1. The van der Waals surface area contributed by atoms with Gasteiger partial charge in [-0.15, -0.1) is 0 Å². The molecule has 0 atom stereocenters. The molecule has 0 fully saturated rings. The maximum absolute atomic E-state index is 10.2. The van der Waals surface area contributed by atoms with Crippen molar-refractivity contribution < 1.29 is 14.2 Å². The molecule has 0 saturated heterocycles. The van der Waals surface area contributed by atoms with Gasteiger partial charge < -0.3 is 14.2 Å². The van der Waals surface area contributed by atoms with Crippen molar-refractivity contribution in [3.05, 3.63) is 36.0 Å². The second-order valence-electron chi connectivity index (χ2n) is 7.06. The summed E-state index contributed by atoms with van der Waals surface area (Å²) in [5.74, 6) is 0. The predicted molar refractivity (Wildman–Crippen MR) is 94.5 cm³/mol. The van der Waals surface area contributed by atoms with Crippen molar-refractivity contribution in [2.24, 2.45) is 0 Å². The number of fused-ring (bicyclic) bond motifs is 3. The highest BCUT2D eigenvalue weighted by atomic mass is 16.5. The van der Waals surface area contributed by atoms with Gasteiger partial charge in [-0.05, 0) is 52.2 Å². The second-order valence-corrected chi connectivity index (χ2v) is 7.06. The Morgan fingerprint density at radius 2 is 1.83 bits per heavy atom. The molecule has 0 aliphatic heterocycles. The van der Waals surface area contributed by atoms with Gasteiger partial charge in [0.15, 0.2) is 0 Å². The molecular weight excluding hydrogens is 289 g/mol. The third kappa shape index (κ3) is 2.86. The Morgan fingerprint density at radius 1 is 1.09 bits per heavy atom. The van der Waals surface area contributed by atoms with Gasteiger partial charge in [-0.2, -0.15) is 0 Å². The first-order valence-electron chi connectivity index (χ1n) is 7.83. The zero-order valence-electron chi connectivity index (χ0n) is 14.3. The van der Waals surface area contributed by atoms with Gasteiger partial charge in [-0.25, -0.2) is 4.98 Å². The number of pyridine rings is 1. The molecule has 0 spiro atoms. The molecule has 4 nitrogen and oxygen atoms in total. The van der Waals surface area contributed by atoms with Gasteiger partial charge in [-0.3, -0.25) is 0 Å². The maximum Gasteiger partial charge on any atom is 0.313 e. The van der Waals surface area contributed by atoms with Crippen molar-refractivity contribution in [3.8, 4) is 0 Å². The smallest absolute Gasteiger partial charge is 0.313 e. The molecule has 0 amide bonds. The monoisotopic (exact) mass is 311 g/mol. The number of para-hydroxylation sites is 1. The summed E-state index contributed by atoms with van der Waals surface area (Å²) < 4.78 is 11.9. The van der Waals surface area contributed by atoms with Crippen LogP contribution >= 0.6 is 0 Å². The second kappa shape index (κ2) is 5.36. The average Bonchev–Trinajstić information content (AvgIpc) is 2.81. The predicted octanol–water partition coefficient (Wildman–Crippen LogP) is 2.83. The minimum absolute atomic E-state index is 0.368. The molecule has 120 valence electrons. The minimum atomic E-state index is -0.937. The Bertz CT molecular complexity index is 862. The number of hydrogen-bond acceptors (Lipinski definition) is 4. The topological polar surface area (TPSA) is 55.5 Å². The van der Waals surface area contributed by atoms with Crippen LogP contribution in [0.5, 0.6) is 0 Å². The fourth-order valence-electron chi connectivity index (χ4n) is 2.38. The van der Waals surface area contributed by atoms with E-state index in [1.165, 1.54) is 0 Å². The third-order valence-electron chi connectivity index (χ3n) is 4.65. The summed E-state index contributed by atoms with van der Waals surface area (Å²) in [6.07, 6.45) is 0. The molecule has 23 heavy (non-hydrogen) atoms. The summed E-state index contributed by atoms with van der Waals surface area (Å²) in [4.78, 5) is 4.45. The van der Waals surface area contributed by atoms with Crippen LogP contribution < -0.4 is 5.46 Å². The fraction of sp³-hybridized carbons (Fsp3) is 0.389. The van der Waals surface area contributed by atoms with Gasteiger partial charge in [-0.1, -0.05) is 18.2 Å². The molecule has 0 aliphatic rings. The lowest BCUT2D eigenvalue weighted by Crippen LogP contribution is -2.49. The number of aryl methyl sites for hydroxylation is 1. The molecule has 1 N–H and O–H groups in total. The summed E-state index contributed by atoms with van der Waals surface area (Å²) in [6, 6.07) is 10.0. The SMILES string of the molecule is Cc1ccc2c(n1)oc1c(BOC(C)(C)C(C)(C)O)cccc12. The van der Waals surface area contributed by atoms with E-state index in [-0.39, 0.29) is 0 Å². The number of aliphatic hydroxyl groups is 1. The molecule has 0 saturated carbocycles. The van der Waals surface area contributed by atoms with E-state index in [4.69, 9.17) is 9.07 Å². The Kier molecular flexibility index (Phi) is 3.73. The Labute approximate surface area is 136 Å². The van der Waals surface area contributed by atoms with Crippen LogP contribution in [0.3, 0.4) is 0 Å². The molecule has 3 rings (SSSR count). The molecule has 5 heteroatoms. The van der Waals surface area contributed by atoms with Gasteiger partial charge in [0.05, 0.1) is 11.2 Å². The average molecular weight is 311 g/mol. The molecule has 0 bridgehead atoms. The van der Waals surface area contributed by atoms with Crippen molar-refractivity contribution in [1.29, 1.82) is 0 Å². The normalized spacial score (nSPS) is 13.0. The van der Waals surface area contributed by atoms with Crippen molar-refractivity contribution in [1.82, 2.24) is 4.98 Å². The summed E-state index contributed by atoms with van der Waals surface area (Å²) in [5, 5.41) is 12.3. The molecule has 2 heterocycles. The minimum Gasteiger partial charge on any atom is -0.438 e. The zero-order chi connectivity index (χ0) is 16.8. The highest BCUT2D eigenvalue weighted by Gasteiger charge is 2.35. The van der Waals surface area contributed by atoms with E-state index in [1.807, 2.05) is 51.1 Å². The van der Waals surface area contributed by atoms with Crippen LogP contribution in [0.25, 0.3) is 22.1 Å². The summed E-state index contributed by atoms with van der Waals surface area (Å²) >= 11 is 0. The van der Waals surface area contributed by atoms with Gasteiger partial charge in [0.2, 0.25) is 5.71 Å². The van der Waals surface area contributed by atoms with Crippen LogP contribution in [-0.2, 0) is 4.65 Å².